The van der Waals surface area contributed by atoms with Gasteiger partial charge in [-0.15, -0.1) is 0 Å². The highest BCUT2D eigenvalue weighted by atomic mass is 16.3. The second-order valence-corrected chi connectivity index (χ2v) is 6.20. The van der Waals surface area contributed by atoms with E-state index in [1.165, 1.54) is 25.0 Å². The van der Waals surface area contributed by atoms with Gasteiger partial charge >= 0.3 is 0 Å². The Balaban J connectivity index is 1.75. The largest absolute Gasteiger partial charge is 0.469 e. The molecule has 2 aliphatic rings. The lowest BCUT2D eigenvalue weighted by atomic mass is 9.82. The zero-order chi connectivity index (χ0) is 11.8. The molecule has 0 spiro atoms. The summed E-state index contributed by atoms with van der Waals surface area (Å²) >= 11 is 0. The molecule has 0 amide bonds. The van der Waals surface area contributed by atoms with E-state index in [1.807, 2.05) is 12.3 Å². The average molecular weight is 233 g/mol. The van der Waals surface area contributed by atoms with Crippen molar-refractivity contribution in [3.8, 4) is 0 Å². The van der Waals surface area contributed by atoms with E-state index in [0.29, 0.717) is 12.0 Å². The standard InChI is InChI=1S/C15H23NO/c1-10(2)9-16-15-12-6-5-11(8-12)14(15)13-4-3-7-17-13/h3-4,7,10-12,14-16H,5-6,8-9H2,1-2H3. The Morgan fingerprint density at radius 3 is 2.88 bits per heavy atom. The van der Waals surface area contributed by atoms with Gasteiger partial charge < -0.3 is 9.73 Å². The van der Waals surface area contributed by atoms with Crippen molar-refractivity contribution in [3.63, 3.8) is 0 Å². The van der Waals surface area contributed by atoms with E-state index in [4.69, 9.17) is 4.42 Å². The fourth-order valence-electron chi connectivity index (χ4n) is 3.85. The Morgan fingerprint density at radius 2 is 2.18 bits per heavy atom. The molecule has 0 aromatic carbocycles. The van der Waals surface area contributed by atoms with Crippen LogP contribution in [0.1, 0.15) is 44.8 Å². The first-order valence-corrected chi connectivity index (χ1v) is 7.02. The van der Waals surface area contributed by atoms with Gasteiger partial charge in [-0.05, 0) is 55.7 Å². The lowest BCUT2D eigenvalue weighted by molar-refractivity contribution is 0.272. The second kappa shape index (κ2) is 4.49. The van der Waals surface area contributed by atoms with Crippen molar-refractivity contribution < 1.29 is 4.42 Å². The van der Waals surface area contributed by atoms with Crippen LogP contribution in [0.2, 0.25) is 0 Å². The van der Waals surface area contributed by atoms with E-state index < -0.39 is 0 Å². The maximum Gasteiger partial charge on any atom is 0.108 e. The Hall–Kier alpha value is -0.760. The quantitative estimate of drug-likeness (QED) is 0.862. The smallest absolute Gasteiger partial charge is 0.108 e. The van der Waals surface area contributed by atoms with E-state index in [2.05, 4.69) is 25.2 Å². The van der Waals surface area contributed by atoms with Crippen LogP contribution in [0.4, 0.5) is 0 Å². The van der Waals surface area contributed by atoms with Crippen LogP contribution in [0.15, 0.2) is 22.8 Å². The normalized spacial score (nSPS) is 35.9. The van der Waals surface area contributed by atoms with Gasteiger partial charge in [0.05, 0.1) is 6.26 Å². The molecule has 2 aliphatic carbocycles. The average Bonchev–Trinajstić information content (AvgIpc) is 3.01. The minimum Gasteiger partial charge on any atom is -0.469 e. The molecule has 0 saturated heterocycles. The highest BCUT2D eigenvalue weighted by Crippen LogP contribution is 2.53. The summed E-state index contributed by atoms with van der Waals surface area (Å²) in [5.74, 6) is 4.30. The van der Waals surface area contributed by atoms with Crippen molar-refractivity contribution in [1.82, 2.24) is 5.32 Å². The fourth-order valence-corrected chi connectivity index (χ4v) is 3.85. The van der Waals surface area contributed by atoms with E-state index in [-0.39, 0.29) is 0 Å². The zero-order valence-corrected chi connectivity index (χ0v) is 10.9. The molecule has 1 heterocycles. The molecule has 4 atom stereocenters. The van der Waals surface area contributed by atoms with Crippen LogP contribution >= 0.6 is 0 Å². The second-order valence-electron chi connectivity index (χ2n) is 6.20. The summed E-state index contributed by atoms with van der Waals surface area (Å²) in [6.07, 6.45) is 6.04. The third-order valence-electron chi connectivity index (χ3n) is 4.55. The molecule has 2 fully saturated rings. The van der Waals surface area contributed by atoms with Gasteiger partial charge in [0, 0.05) is 12.0 Å². The molecular formula is C15H23NO. The van der Waals surface area contributed by atoms with E-state index in [1.54, 1.807) is 0 Å². The van der Waals surface area contributed by atoms with Crippen LogP contribution in [0.25, 0.3) is 0 Å². The van der Waals surface area contributed by atoms with Crippen LogP contribution in [0.5, 0.6) is 0 Å². The van der Waals surface area contributed by atoms with Crippen LogP contribution in [-0.2, 0) is 0 Å². The topological polar surface area (TPSA) is 25.2 Å². The molecule has 1 N–H and O–H groups in total. The number of hydrogen-bond donors (Lipinski definition) is 1. The van der Waals surface area contributed by atoms with Gasteiger partial charge in [0.15, 0.2) is 0 Å². The number of nitrogens with one attached hydrogen (secondary N) is 1. The lowest BCUT2D eigenvalue weighted by Gasteiger charge is -2.31. The lowest BCUT2D eigenvalue weighted by Crippen LogP contribution is -2.41. The summed E-state index contributed by atoms with van der Waals surface area (Å²) in [4.78, 5) is 0. The highest BCUT2D eigenvalue weighted by molar-refractivity contribution is 5.17. The summed E-state index contributed by atoms with van der Waals surface area (Å²) in [5, 5.41) is 3.79. The minimum atomic E-state index is 0.627. The maximum absolute atomic E-state index is 5.67. The maximum atomic E-state index is 5.67. The Labute approximate surface area is 104 Å². The fraction of sp³-hybridized carbons (Fsp3) is 0.733. The van der Waals surface area contributed by atoms with Gasteiger partial charge in [0.2, 0.25) is 0 Å². The molecule has 3 rings (SSSR count). The van der Waals surface area contributed by atoms with Gasteiger partial charge in [0.25, 0.3) is 0 Å². The third kappa shape index (κ3) is 2.03. The molecule has 17 heavy (non-hydrogen) atoms. The van der Waals surface area contributed by atoms with E-state index in [0.717, 1.165) is 24.3 Å². The number of rotatable bonds is 4. The van der Waals surface area contributed by atoms with Gasteiger partial charge in [-0.3, -0.25) is 0 Å². The first-order chi connectivity index (χ1) is 8.25. The molecule has 2 nitrogen and oxygen atoms in total. The summed E-state index contributed by atoms with van der Waals surface area (Å²) in [6.45, 7) is 5.69. The summed E-state index contributed by atoms with van der Waals surface area (Å²) < 4.78 is 5.67. The van der Waals surface area contributed by atoms with Crippen LogP contribution in [-0.4, -0.2) is 12.6 Å². The van der Waals surface area contributed by atoms with Gasteiger partial charge in [-0.1, -0.05) is 13.8 Å². The first-order valence-electron chi connectivity index (χ1n) is 7.02. The van der Waals surface area contributed by atoms with Crippen molar-refractivity contribution in [2.45, 2.75) is 45.1 Å². The monoisotopic (exact) mass is 233 g/mol. The number of fused-ring (bicyclic) bond motifs is 2. The molecule has 0 aliphatic heterocycles. The molecule has 2 bridgehead atoms. The summed E-state index contributed by atoms with van der Waals surface area (Å²) in [6, 6.07) is 4.85. The van der Waals surface area contributed by atoms with Crippen molar-refractivity contribution in [2.24, 2.45) is 17.8 Å². The van der Waals surface area contributed by atoms with Crippen molar-refractivity contribution in [3.05, 3.63) is 24.2 Å². The predicted molar refractivity (Wildman–Crippen MR) is 68.9 cm³/mol. The predicted octanol–water partition coefficient (Wildman–Crippen LogP) is 3.41. The molecule has 94 valence electrons. The molecule has 2 heteroatoms. The van der Waals surface area contributed by atoms with Gasteiger partial charge in [-0.2, -0.15) is 0 Å². The molecule has 1 aromatic rings. The molecule has 0 radical (unpaired) electrons. The number of hydrogen-bond acceptors (Lipinski definition) is 2. The molecule has 1 aromatic heterocycles. The summed E-state index contributed by atoms with van der Waals surface area (Å²) in [7, 11) is 0. The van der Waals surface area contributed by atoms with Gasteiger partial charge in [0.1, 0.15) is 5.76 Å². The number of furan rings is 1. The molecule has 4 unspecified atom stereocenters. The Bertz CT molecular complexity index is 357. The van der Waals surface area contributed by atoms with Crippen LogP contribution < -0.4 is 5.32 Å². The van der Waals surface area contributed by atoms with Crippen LogP contribution in [0.3, 0.4) is 0 Å². The molecular weight excluding hydrogens is 210 g/mol. The summed E-state index contributed by atoms with van der Waals surface area (Å²) in [5.41, 5.74) is 0. The Kier molecular flexibility index (Phi) is 2.99. The minimum absolute atomic E-state index is 0.627. The van der Waals surface area contributed by atoms with Crippen molar-refractivity contribution >= 4 is 0 Å². The SMILES string of the molecule is CC(C)CNC1C2CCC(C2)C1c1ccco1. The first kappa shape index (κ1) is 11.3. The van der Waals surface area contributed by atoms with Crippen LogP contribution in [0, 0.1) is 17.8 Å². The van der Waals surface area contributed by atoms with Crippen molar-refractivity contribution in [1.29, 1.82) is 0 Å². The Morgan fingerprint density at radius 1 is 1.35 bits per heavy atom. The van der Waals surface area contributed by atoms with E-state index in [9.17, 15) is 0 Å². The van der Waals surface area contributed by atoms with Gasteiger partial charge in [-0.25, -0.2) is 0 Å². The molecule has 2 saturated carbocycles. The highest BCUT2D eigenvalue weighted by Gasteiger charge is 2.48. The van der Waals surface area contributed by atoms with Crippen molar-refractivity contribution in [2.75, 3.05) is 6.54 Å². The zero-order valence-electron chi connectivity index (χ0n) is 10.9. The third-order valence-corrected chi connectivity index (χ3v) is 4.55. The van der Waals surface area contributed by atoms with E-state index >= 15 is 0 Å².